The van der Waals surface area contributed by atoms with Crippen molar-refractivity contribution in [2.24, 2.45) is 7.05 Å². The van der Waals surface area contributed by atoms with Crippen molar-refractivity contribution >= 4 is 25.6 Å². The van der Waals surface area contributed by atoms with Crippen molar-refractivity contribution in [1.82, 2.24) is 24.9 Å². The Labute approximate surface area is 258 Å². The molecule has 2 amide bonds. The van der Waals surface area contributed by atoms with Crippen LogP contribution in [-0.4, -0.2) is 52.1 Å². The first-order valence-electron chi connectivity index (χ1n) is 15.0. The highest BCUT2D eigenvalue weighted by atomic mass is 28.3. The van der Waals surface area contributed by atoms with Crippen molar-refractivity contribution in [3.63, 3.8) is 0 Å². The molecule has 0 bridgehead atoms. The third kappa shape index (κ3) is 6.84. The van der Waals surface area contributed by atoms with E-state index in [4.69, 9.17) is 9.84 Å². The number of carbonyl (C=O) groups excluding carboxylic acids is 2. The number of hydrogen-bond donors (Lipinski definition) is 2. The fraction of sp³-hybridized carbons (Fsp3) is 0.394. The topological polar surface area (TPSA) is 103 Å². The Morgan fingerprint density at radius 3 is 2.55 bits per heavy atom. The van der Waals surface area contributed by atoms with Crippen LogP contribution in [0.25, 0.3) is 11.1 Å². The average molecular weight is 617 g/mol. The van der Waals surface area contributed by atoms with Crippen molar-refractivity contribution in [2.45, 2.75) is 71.1 Å². The lowest BCUT2D eigenvalue weighted by Crippen LogP contribution is -2.47. The molecule has 9 nitrogen and oxygen atoms in total. The van der Waals surface area contributed by atoms with Gasteiger partial charge in [0.05, 0.1) is 5.69 Å². The van der Waals surface area contributed by atoms with Crippen molar-refractivity contribution < 1.29 is 18.7 Å². The Morgan fingerprint density at radius 2 is 1.86 bits per heavy atom. The summed E-state index contributed by atoms with van der Waals surface area (Å²) in [6, 6.07) is 14.3. The molecule has 2 heterocycles. The van der Waals surface area contributed by atoms with Crippen molar-refractivity contribution in [3.8, 4) is 11.1 Å². The van der Waals surface area contributed by atoms with E-state index in [0.29, 0.717) is 36.5 Å². The first-order valence-corrected chi connectivity index (χ1v) is 18.7. The lowest BCUT2D eigenvalue weighted by atomic mass is 9.92. The fourth-order valence-corrected chi connectivity index (χ4v) is 6.62. The van der Waals surface area contributed by atoms with Gasteiger partial charge in [-0.3, -0.25) is 14.3 Å². The molecule has 1 unspecified atom stereocenters. The van der Waals surface area contributed by atoms with Crippen LogP contribution in [0.15, 0.2) is 54.7 Å². The number of aromatic nitrogens is 4. The number of anilines is 1. The summed E-state index contributed by atoms with van der Waals surface area (Å²) in [6.45, 7) is 12.1. The number of halogens is 1. The third-order valence-corrected chi connectivity index (χ3v) is 10.0. The first-order chi connectivity index (χ1) is 20.9. The Morgan fingerprint density at radius 1 is 1.11 bits per heavy atom. The summed E-state index contributed by atoms with van der Waals surface area (Å²) in [5.41, 5.74) is 6.19. The SMILES string of the molecule is Cc1nn(COCC[Si](C)(C)C)c(C)c1-c1ccc(NC(=O)C(NC(=O)c2ccnn2C)[C@H]2CCc3c(F)cccc32)cc1. The molecule has 5 rings (SSSR count). The number of amides is 2. The molecule has 2 N–H and O–H groups in total. The molecule has 1 aliphatic carbocycles. The second-order valence-corrected chi connectivity index (χ2v) is 18.3. The van der Waals surface area contributed by atoms with E-state index in [2.05, 4.69) is 35.4 Å². The van der Waals surface area contributed by atoms with Crippen LogP contribution in [0.2, 0.25) is 25.7 Å². The van der Waals surface area contributed by atoms with E-state index in [1.165, 1.54) is 16.9 Å². The number of fused-ring (bicyclic) bond motifs is 1. The van der Waals surface area contributed by atoms with Crippen LogP contribution >= 0.6 is 0 Å². The highest BCUT2D eigenvalue weighted by molar-refractivity contribution is 6.76. The zero-order valence-corrected chi connectivity index (χ0v) is 27.3. The zero-order chi connectivity index (χ0) is 31.6. The number of hydrogen-bond acceptors (Lipinski definition) is 5. The number of carbonyl (C=O) groups is 2. The Hall–Kier alpha value is -4.09. The van der Waals surface area contributed by atoms with E-state index in [1.54, 1.807) is 19.2 Å². The quantitative estimate of drug-likeness (QED) is 0.163. The molecular weight excluding hydrogens is 575 g/mol. The number of benzene rings is 2. The highest BCUT2D eigenvalue weighted by Crippen LogP contribution is 2.37. The van der Waals surface area contributed by atoms with Gasteiger partial charge in [0.1, 0.15) is 24.3 Å². The number of aryl methyl sites for hydroxylation is 2. The van der Waals surface area contributed by atoms with Gasteiger partial charge in [-0.15, -0.1) is 0 Å². The molecule has 0 radical (unpaired) electrons. The molecule has 232 valence electrons. The summed E-state index contributed by atoms with van der Waals surface area (Å²) in [5, 5.41) is 14.7. The average Bonchev–Trinajstić information content (AvgIpc) is 3.67. The van der Waals surface area contributed by atoms with Gasteiger partial charge in [-0.25, -0.2) is 9.07 Å². The number of rotatable bonds is 11. The van der Waals surface area contributed by atoms with Crippen molar-refractivity contribution in [2.75, 3.05) is 11.9 Å². The summed E-state index contributed by atoms with van der Waals surface area (Å²) < 4.78 is 23.8. The second kappa shape index (κ2) is 12.9. The Bertz CT molecular complexity index is 1660. The van der Waals surface area contributed by atoms with E-state index >= 15 is 0 Å². The molecule has 0 fully saturated rings. The number of nitrogens with zero attached hydrogens (tertiary/aromatic N) is 4. The van der Waals surface area contributed by atoms with Crippen molar-refractivity contribution in [3.05, 3.63) is 88.8 Å². The predicted molar refractivity (Wildman–Crippen MR) is 172 cm³/mol. The minimum atomic E-state index is -1.16. The first kappa shape index (κ1) is 31.3. The van der Waals surface area contributed by atoms with E-state index < -0.39 is 20.0 Å². The lowest BCUT2D eigenvalue weighted by Gasteiger charge is -2.25. The van der Waals surface area contributed by atoms with E-state index in [9.17, 15) is 14.0 Å². The summed E-state index contributed by atoms with van der Waals surface area (Å²) in [5.74, 6) is -1.45. The van der Waals surface area contributed by atoms with Gasteiger partial charge >= 0.3 is 0 Å². The molecule has 0 aliphatic heterocycles. The maximum Gasteiger partial charge on any atom is 0.270 e. The van der Waals surface area contributed by atoms with E-state index in [-0.39, 0.29) is 17.6 Å². The molecule has 2 aromatic carbocycles. The van der Waals surface area contributed by atoms with Gasteiger partial charge in [-0.1, -0.05) is 43.9 Å². The molecule has 0 saturated carbocycles. The summed E-state index contributed by atoms with van der Waals surface area (Å²) in [6.07, 6.45) is 2.58. The predicted octanol–water partition coefficient (Wildman–Crippen LogP) is 5.82. The minimum Gasteiger partial charge on any atom is -0.360 e. The number of ether oxygens (including phenoxy) is 1. The van der Waals surface area contributed by atoms with E-state index in [0.717, 1.165) is 40.7 Å². The van der Waals surface area contributed by atoms with Gasteiger partial charge in [-0.05, 0) is 73.7 Å². The van der Waals surface area contributed by atoms with Crippen LogP contribution in [0.3, 0.4) is 0 Å². The second-order valence-electron chi connectivity index (χ2n) is 12.7. The fourth-order valence-electron chi connectivity index (χ4n) is 5.86. The van der Waals surface area contributed by atoms with Crippen LogP contribution in [-0.2, 0) is 29.7 Å². The Balaban J connectivity index is 1.32. The standard InChI is InChI=1S/C33H41FN6O3Si/c1-21-30(22(2)40(38-21)20-43-18-19-44(4,5)6)23-10-12-24(13-11-23)36-33(42)31(37-32(41)29-16-17-35-39(29)3)27-15-14-26-25(27)8-7-9-28(26)34/h7-13,16-17,27,31H,14-15,18-20H2,1-6H3,(H,36,42)(H,37,41)/t27-,31?/m0/s1. The molecule has 0 spiro atoms. The molecule has 2 aromatic heterocycles. The van der Waals surface area contributed by atoms with Crippen LogP contribution in [0.5, 0.6) is 0 Å². The maximum atomic E-state index is 14.6. The monoisotopic (exact) mass is 616 g/mol. The molecular formula is C33H41FN6O3Si. The van der Waals surface area contributed by atoms with Crippen LogP contribution < -0.4 is 10.6 Å². The molecule has 1 aliphatic rings. The van der Waals surface area contributed by atoms with Gasteiger partial charge in [-0.2, -0.15) is 10.2 Å². The van der Waals surface area contributed by atoms with Crippen molar-refractivity contribution in [1.29, 1.82) is 0 Å². The summed E-state index contributed by atoms with van der Waals surface area (Å²) >= 11 is 0. The minimum absolute atomic E-state index is 0.287. The van der Waals surface area contributed by atoms with Gasteiger partial charge < -0.3 is 15.4 Å². The van der Waals surface area contributed by atoms with Gasteiger partial charge in [0.15, 0.2) is 0 Å². The van der Waals surface area contributed by atoms with E-state index in [1.807, 2.05) is 48.9 Å². The van der Waals surface area contributed by atoms with Gasteiger partial charge in [0, 0.05) is 50.8 Å². The highest BCUT2D eigenvalue weighted by Gasteiger charge is 2.37. The number of nitrogens with one attached hydrogen (secondary N) is 2. The van der Waals surface area contributed by atoms with Crippen LogP contribution in [0.4, 0.5) is 10.1 Å². The Kier molecular flexibility index (Phi) is 9.17. The van der Waals surface area contributed by atoms with Gasteiger partial charge in [0.25, 0.3) is 5.91 Å². The molecule has 11 heteroatoms. The smallest absolute Gasteiger partial charge is 0.270 e. The molecule has 2 atom stereocenters. The normalized spacial score (nSPS) is 15.2. The van der Waals surface area contributed by atoms with Crippen LogP contribution in [0.1, 0.15) is 45.3 Å². The molecule has 4 aromatic rings. The largest absolute Gasteiger partial charge is 0.360 e. The van der Waals surface area contributed by atoms with Gasteiger partial charge in [0.2, 0.25) is 5.91 Å². The summed E-state index contributed by atoms with van der Waals surface area (Å²) in [7, 11) is 0.503. The van der Waals surface area contributed by atoms with Crippen LogP contribution in [0, 0.1) is 19.7 Å². The zero-order valence-electron chi connectivity index (χ0n) is 26.3. The third-order valence-electron chi connectivity index (χ3n) is 8.32. The maximum absolute atomic E-state index is 14.6. The lowest BCUT2D eigenvalue weighted by molar-refractivity contribution is -0.118. The molecule has 44 heavy (non-hydrogen) atoms. The molecule has 0 saturated heterocycles. The summed E-state index contributed by atoms with van der Waals surface area (Å²) in [4.78, 5) is 27.0.